The molecular formula is C17H12Cl3NO. The summed E-state index contributed by atoms with van der Waals surface area (Å²) in [6, 6.07) is 12.7. The number of hydrogen-bond acceptors (Lipinski definition) is 2. The smallest absolute Gasteiger partial charge is 0.159 e. The van der Waals surface area contributed by atoms with Crippen LogP contribution in [0.15, 0.2) is 54.7 Å². The van der Waals surface area contributed by atoms with Gasteiger partial charge in [-0.15, -0.1) is 0 Å². The van der Waals surface area contributed by atoms with E-state index in [0.717, 1.165) is 11.3 Å². The molecule has 5 heteroatoms. The van der Waals surface area contributed by atoms with Crippen LogP contribution in [-0.4, -0.2) is 5.78 Å². The van der Waals surface area contributed by atoms with E-state index in [2.05, 4.69) is 0 Å². The minimum Gasteiger partial charge on any atom is -0.339 e. The van der Waals surface area contributed by atoms with Crippen molar-refractivity contribution in [2.75, 3.05) is 4.90 Å². The van der Waals surface area contributed by atoms with Crippen LogP contribution in [0.3, 0.4) is 0 Å². The number of carbonyl (C=O) groups is 1. The molecule has 0 N–H and O–H groups in total. The summed E-state index contributed by atoms with van der Waals surface area (Å²) in [5, 5.41) is 1.79. The number of benzene rings is 2. The van der Waals surface area contributed by atoms with Gasteiger partial charge in [-0.1, -0.05) is 46.9 Å². The topological polar surface area (TPSA) is 20.3 Å². The van der Waals surface area contributed by atoms with E-state index in [9.17, 15) is 4.79 Å². The lowest BCUT2D eigenvalue weighted by molar-refractivity contribution is -0.115. The van der Waals surface area contributed by atoms with Crippen molar-refractivity contribution in [2.45, 2.75) is 12.5 Å². The highest BCUT2D eigenvalue weighted by Crippen LogP contribution is 2.38. The molecule has 0 radical (unpaired) electrons. The summed E-state index contributed by atoms with van der Waals surface area (Å²) in [4.78, 5) is 13.8. The fraction of sp³-hybridized carbons (Fsp3) is 0.118. The van der Waals surface area contributed by atoms with Gasteiger partial charge in [0.25, 0.3) is 0 Å². The number of anilines is 1. The van der Waals surface area contributed by atoms with E-state index in [1.165, 1.54) is 0 Å². The van der Waals surface area contributed by atoms with E-state index < -0.39 is 0 Å². The van der Waals surface area contributed by atoms with Gasteiger partial charge < -0.3 is 4.90 Å². The SMILES string of the molecule is O=C1C=CN(c2ccc(Cl)cc2Cl)C(c2ccc(Cl)cc2)C1. The van der Waals surface area contributed by atoms with Gasteiger partial charge in [0.15, 0.2) is 5.78 Å². The first kappa shape index (κ1) is 15.4. The summed E-state index contributed by atoms with van der Waals surface area (Å²) >= 11 is 18.2. The Balaban J connectivity index is 2.04. The number of carbonyl (C=O) groups excluding carboxylic acids is 1. The third-order valence-corrected chi connectivity index (χ3v) is 4.38. The molecule has 2 aromatic rings. The molecule has 0 saturated carbocycles. The minimum absolute atomic E-state index is 0.0845. The molecule has 0 fully saturated rings. The first-order valence-corrected chi connectivity index (χ1v) is 7.88. The van der Waals surface area contributed by atoms with E-state index in [1.54, 1.807) is 24.4 Å². The predicted octanol–water partition coefficient (Wildman–Crippen LogP) is 5.68. The summed E-state index contributed by atoms with van der Waals surface area (Å²) in [7, 11) is 0. The highest BCUT2D eigenvalue weighted by atomic mass is 35.5. The Labute approximate surface area is 143 Å². The molecule has 22 heavy (non-hydrogen) atoms. The van der Waals surface area contributed by atoms with Crippen molar-refractivity contribution < 1.29 is 4.79 Å². The van der Waals surface area contributed by atoms with Gasteiger partial charge in [-0.2, -0.15) is 0 Å². The molecule has 1 unspecified atom stereocenters. The predicted molar refractivity (Wildman–Crippen MR) is 91.9 cm³/mol. The monoisotopic (exact) mass is 351 g/mol. The van der Waals surface area contributed by atoms with Crippen LogP contribution in [0.4, 0.5) is 5.69 Å². The summed E-state index contributed by atoms with van der Waals surface area (Å²) in [6.07, 6.45) is 3.72. The fourth-order valence-corrected chi connectivity index (χ4v) is 3.16. The van der Waals surface area contributed by atoms with E-state index in [4.69, 9.17) is 34.8 Å². The van der Waals surface area contributed by atoms with Crippen LogP contribution in [0, 0.1) is 0 Å². The van der Waals surface area contributed by atoms with Crippen LogP contribution in [-0.2, 0) is 4.79 Å². The van der Waals surface area contributed by atoms with Gasteiger partial charge in [-0.25, -0.2) is 0 Å². The van der Waals surface area contributed by atoms with Gasteiger partial charge in [0.05, 0.1) is 16.8 Å². The summed E-state index contributed by atoms with van der Waals surface area (Å²) in [6.45, 7) is 0. The van der Waals surface area contributed by atoms with Crippen LogP contribution in [0.2, 0.25) is 15.1 Å². The van der Waals surface area contributed by atoms with Crippen molar-refractivity contribution in [3.05, 3.63) is 75.4 Å². The zero-order valence-electron chi connectivity index (χ0n) is 11.5. The number of allylic oxidation sites excluding steroid dienone is 1. The second-order valence-corrected chi connectivity index (χ2v) is 6.34. The highest BCUT2D eigenvalue weighted by Gasteiger charge is 2.26. The average Bonchev–Trinajstić information content (AvgIpc) is 2.49. The van der Waals surface area contributed by atoms with Gasteiger partial charge >= 0.3 is 0 Å². The molecule has 0 aliphatic carbocycles. The first-order chi connectivity index (χ1) is 10.5. The van der Waals surface area contributed by atoms with E-state index in [1.807, 2.05) is 35.2 Å². The molecule has 112 valence electrons. The maximum Gasteiger partial charge on any atom is 0.159 e. The van der Waals surface area contributed by atoms with Gasteiger partial charge in [0.1, 0.15) is 0 Å². The lowest BCUT2D eigenvalue weighted by Crippen LogP contribution is -2.29. The Bertz CT molecular complexity index is 740. The van der Waals surface area contributed by atoms with Crippen molar-refractivity contribution in [1.82, 2.24) is 0 Å². The van der Waals surface area contributed by atoms with Crippen LogP contribution in [0.25, 0.3) is 0 Å². The quantitative estimate of drug-likeness (QED) is 0.693. The van der Waals surface area contributed by atoms with Gasteiger partial charge in [0.2, 0.25) is 0 Å². The van der Waals surface area contributed by atoms with Crippen LogP contribution in [0.1, 0.15) is 18.0 Å². The Morgan fingerprint density at radius 1 is 0.955 bits per heavy atom. The molecule has 2 aromatic carbocycles. The van der Waals surface area contributed by atoms with E-state index >= 15 is 0 Å². The lowest BCUT2D eigenvalue weighted by atomic mass is 9.96. The third-order valence-electron chi connectivity index (χ3n) is 3.59. The van der Waals surface area contributed by atoms with E-state index in [0.29, 0.717) is 21.5 Å². The molecular weight excluding hydrogens is 341 g/mol. The summed E-state index contributed by atoms with van der Waals surface area (Å²) in [5.74, 6) is 0.0845. The third kappa shape index (κ3) is 3.14. The van der Waals surface area contributed by atoms with Gasteiger partial charge in [0, 0.05) is 22.7 Å². The van der Waals surface area contributed by atoms with Gasteiger partial charge in [-0.05, 0) is 42.0 Å². The lowest BCUT2D eigenvalue weighted by Gasteiger charge is -2.33. The summed E-state index contributed by atoms with van der Waals surface area (Å²) in [5.41, 5.74) is 1.82. The van der Waals surface area contributed by atoms with Crippen molar-refractivity contribution in [2.24, 2.45) is 0 Å². The zero-order chi connectivity index (χ0) is 15.7. The number of ketones is 1. The van der Waals surface area contributed by atoms with Crippen LogP contribution >= 0.6 is 34.8 Å². The molecule has 2 nitrogen and oxygen atoms in total. The highest BCUT2D eigenvalue weighted by molar-refractivity contribution is 6.36. The number of rotatable bonds is 2. The van der Waals surface area contributed by atoms with Crippen molar-refractivity contribution in [1.29, 1.82) is 0 Å². The average molecular weight is 353 g/mol. The van der Waals surface area contributed by atoms with Crippen LogP contribution in [0.5, 0.6) is 0 Å². The normalized spacial score (nSPS) is 17.9. The molecule has 1 aliphatic heterocycles. The maximum atomic E-state index is 11.8. The Kier molecular flexibility index (Phi) is 4.44. The fourth-order valence-electron chi connectivity index (χ4n) is 2.53. The molecule has 0 spiro atoms. The second-order valence-electron chi connectivity index (χ2n) is 5.06. The largest absolute Gasteiger partial charge is 0.339 e. The van der Waals surface area contributed by atoms with E-state index in [-0.39, 0.29) is 11.8 Å². The van der Waals surface area contributed by atoms with Gasteiger partial charge in [-0.3, -0.25) is 4.79 Å². The zero-order valence-corrected chi connectivity index (χ0v) is 13.7. The minimum atomic E-state index is -0.117. The summed E-state index contributed by atoms with van der Waals surface area (Å²) < 4.78 is 0. The van der Waals surface area contributed by atoms with Crippen molar-refractivity contribution in [3.63, 3.8) is 0 Å². The maximum absolute atomic E-state index is 11.8. The molecule has 1 aliphatic rings. The van der Waals surface area contributed by atoms with Crippen molar-refractivity contribution in [3.8, 4) is 0 Å². The van der Waals surface area contributed by atoms with Crippen LogP contribution < -0.4 is 4.90 Å². The molecule has 0 bridgehead atoms. The first-order valence-electron chi connectivity index (χ1n) is 6.74. The Morgan fingerprint density at radius 3 is 2.32 bits per heavy atom. The number of halogens is 3. The molecule has 0 amide bonds. The molecule has 0 aromatic heterocycles. The number of hydrogen-bond donors (Lipinski definition) is 0. The van der Waals surface area contributed by atoms with Crippen molar-refractivity contribution >= 4 is 46.3 Å². The molecule has 0 saturated heterocycles. The second kappa shape index (κ2) is 6.33. The standard InChI is InChI=1S/C17H12Cl3NO/c18-12-3-1-11(2-4-12)17-10-14(22)7-8-21(17)16-6-5-13(19)9-15(16)20/h1-9,17H,10H2. The Hall–Kier alpha value is -1.48. The Morgan fingerprint density at radius 2 is 1.64 bits per heavy atom. The molecule has 1 atom stereocenters. The molecule has 3 rings (SSSR count). The molecule has 1 heterocycles. The number of nitrogens with zero attached hydrogens (tertiary/aromatic N) is 1.